The Labute approximate surface area is 159 Å². The van der Waals surface area contributed by atoms with E-state index in [1.807, 2.05) is 24.3 Å². The first-order chi connectivity index (χ1) is 13.4. The Morgan fingerprint density at radius 3 is 2.61 bits per heavy atom. The van der Waals surface area contributed by atoms with Crippen molar-refractivity contribution in [1.82, 2.24) is 18.7 Å². The van der Waals surface area contributed by atoms with Gasteiger partial charge in [-0.2, -0.15) is 4.98 Å². The predicted molar refractivity (Wildman–Crippen MR) is 103 cm³/mol. The summed E-state index contributed by atoms with van der Waals surface area (Å²) >= 11 is 0. The summed E-state index contributed by atoms with van der Waals surface area (Å²) in [6.07, 6.45) is 0. The number of imidazole rings is 1. The molecule has 0 saturated heterocycles. The molecule has 0 spiro atoms. The average molecular weight is 387 g/mol. The van der Waals surface area contributed by atoms with Crippen molar-refractivity contribution in [2.45, 2.75) is 6.54 Å². The van der Waals surface area contributed by atoms with Crippen LogP contribution in [-0.4, -0.2) is 45.4 Å². The van der Waals surface area contributed by atoms with Gasteiger partial charge in [-0.1, -0.05) is 12.1 Å². The smallest absolute Gasteiger partial charge is 0.332 e. The molecule has 0 unspecified atom stereocenters. The molecule has 1 N–H and O–H groups in total. The van der Waals surface area contributed by atoms with Gasteiger partial charge >= 0.3 is 11.7 Å². The molecule has 0 aliphatic heterocycles. The first-order valence-electron chi connectivity index (χ1n) is 8.47. The Kier molecular flexibility index (Phi) is 5.21. The van der Waals surface area contributed by atoms with Gasteiger partial charge in [-0.05, 0) is 17.7 Å². The van der Waals surface area contributed by atoms with Crippen molar-refractivity contribution in [2.75, 3.05) is 26.1 Å². The second-order valence-electron chi connectivity index (χ2n) is 6.18. The molecule has 0 bridgehead atoms. The van der Waals surface area contributed by atoms with Crippen LogP contribution in [0, 0.1) is 0 Å². The van der Waals surface area contributed by atoms with Crippen LogP contribution in [0.4, 0.5) is 5.95 Å². The van der Waals surface area contributed by atoms with Crippen LogP contribution in [0.5, 0.6) is 5.75 Å². The summed E-state index contributed by atoms with van der Waals surface area (Å²) in [6.45, 7) is 0.150. The number of methoxy groups -OCH3 is 2. The third-order valence-electron chi connectivity index (χ3n) is 4.44. The number of aryl methyl sites for hydroxylation is 1. The van der Waals surface area contributed by atoms with Gasteiger partial charge in [0.05, 0.1) is 20.8 Å². The third kappa shape index (κ3) is 3.36. The maximum Gasteiger partial charge on any atom is 0.332 e. The predicted octanol–water partition coefficient (Wildman–Crippen LogP) is 0.0755. The number of carbonyl (C=O) groups is 1. The number of hydrogen-bond acceptors (Lipinski definition) is 7. The lowest BCUT2D eigenvalue weighted by molar-refractivity contribution is -0.138. The van der Waals surface area contributed by atoms with Gasteiger partial charge in [0.1, 0.15) is 12.3 Å². The van der Waals surface area contributed by atoms with Crippen LogP contribution in [0.25, 0.3) is 11.2 Å². The van der Waals surface area contributed by atoms with Crippen molar-refractivity contribution in [3.63, 3.8) is 0 Å². The Morgan fingerprint density at radius 1 is 1.18 bits per heavy atom. The molecule has 1 aromatic carbocycles. The summed E-state index contributed by atoms with van der Waals surface area (Å²) in [5.41, 5.74) is 0.376. The molecule has 0 atom stereocenters. The van der Waals surface area contributed by atoms with Crippen LogP contribution >= 0.6 is 0 Å². The van der Waals surface area contributed by atoms with E-state index in [0.29, 0.717) is 5.75 Å². The number of aromatic nitrogens is 4. The van der Waals surface area contributed by atoms with E-state index >= 15 is 0 Å². The summed E-state index contributed by atoms with van der Waals surface area (Å²) in [5.74, 6) is 0.467. The van der Waals surface area contributed by atoms with Crippen molar-refractivity contribution in [3.8, 4) is 5.75 Å². The van der Waals surface area contributed by atoms with Crippen LogP contribution in [-0.2, 0) is 30.2 Å². The number of rotatable bonds is 6. The molecule has 0 fully saturated rings. The van der Waals surface area contributed by atoms with E-state index in [1.165, 1.54) is 25.8 Å². The molecule has 2 heterocycles. The number of ether oxygens (including phenoxy) is 2. The third-order valence-corrected chi connectivity index (χ3v) is 4.44. The summed E-state index contributed by atoms with van der Waals surface area (Å²) in [5, 5.41) is 2.88. The molecule has 10 nitrogen and oxygen atoms in total. The molecular formula is C18H21N5O5. The van der Waals surface area contributed by atoms with Crippen LogP contribution in [0.1, 0.15) is 5.56 Å². The van der Waals surface area contributed by atoms with Gasteiger partial charge in [-0.15, -0.1) is 0 Å². The molecule has 2 aromatic heterocycles. The Morgan fingerprint density at radius 2 is 1.93 bits per heavy atom. The molecule has 0 amide bonds. The number of nitrogens with zero attached hydrogens (tertiary/aromatic N) is 4. The van der Waals surface area contributed by atoms with Gasteiger partial charge in [0, 0.05) is 14.1 Å². The maximum absolute atomic E-state index is 12.8. The number of esters is 1. The highest BCUT2D eigenvalue weighted by atomic mass is 16.5. The van der Waals surface area contributed by atoms with Gasteiger partial charge in [-0.3, -0.25) is 23.3 Å². The van der Waals surface area contributed by atoms with Gasteiger partial charge in [0.25, 0.3) is 5.56 Å². The largest absolute Gasteiger partial charge is 0.497 e. The zero-order chi connectivity index (χ0) is 20.4. The number of carbonyl (C=O) groups excluding carboxylic acids is 1. The molecule has 28 heavy (non-hydrogen) atoms. The SMILES string of the molecule is COC(=O)CNc1nc2c(c(=O)n(C)c(=O)n2C)n1Cc1cccc(OC)c1. The van der Waals surface area contributed by atoms with Crippen molar-refractivity contribution >= 4 is 23.1 Å². The topological polar surface area (TPSA) is 109 Å². The van der Waals surface area contributed by atoms with E-state index in [4.69, 9.17) is 4.74 Å². The lowest BCUT2D eigenvalue weighted by Gasteiger charge is -2.11. The number of benzene rings is 1. The normalized spacial score (nSPS) is 10.9. The second-order valence-corrected chi connectivity index (χ2v) is 6.18. The second kappa shape index (κ2) is 7.59. The molecule has 3 aromatic rings. The lowest BCUT2D eigenvalue weighted by Crippen LogP contribution is -2.37. The van der Waals surface area contributed by atoms with Crippen molar-refractivity contribution in [1.29, 1.82) is 0 Å². The summed E-state index contributed by atoms with van der Waals surface area (Å²) in [4.78, 5) is 41.0. The molecule has 3 rings (SSSR count). The number of anilines is 1. The fraction of sp³-hybridized carbons (Fsp3) is 0.333. The minimum absolute atomic E-state index is 0.133. The van der Waals surface area contributed by atoms with Gasteiger partial charge in [0.15, 0.2) is 11.2 Å². The van der Waals surface area contributed by atoms with Gasteiger partial charge < -0.3 is 14.8 Å². The Bertz CT molecular complexity index is 1160. The van der Waals surface area contributed by atoms with Crippen molar-refractivity contribution < 1.29 is 14.3 Å². The van der Waals surface area contributed by atoms with E-state index < -0.39 is 17.2 Å². The lowest BCUT2D eigenvalue weighted by atomic mass is 10.2. The molecule has 10 heteroatoms. The number of fused-ring (bicyclic) bond motifs is 1. The summed E-state index contributed by atoms with van der Waals surface area (Å²) in [6, 6.07) is 7.37. The fourth-order valence-corrected chi connectivity index (χ4v) is 2.91. The molecule has 0 radical (unpaired) electrons. The van der Waals surface area contributed by atoms with E-state index in [1.54, 1.807) is 11.7 Å². The molecular weight excluding hydrogens is 366 g/mol. The summed E-state index contributed by atoms with van der Waals surface area (Å²) < 4.78 is 13.8. The van der Waals surface area contributed by atoms with E-state index in [9.17, 15) is 14.4 Å². The van der Waals surface area contributed by atoms with Gasteiger partial charge in [-0.25, -0.2) is 4.79 Å². The van der Waals surface area contributed by atoms with Crippen LogP contribution in [0.3, 0.4) is 0 Å². The zero-order valence-corrected chi connectivity index (χ0v) is 16.1. The monoisotopic (exact) mass is 387 g/mol. The fourth-order valence-electron chi connectivity index (χ4n) is 2.91. The zero-order valence-electron chi connectivity index (χ0n) is 16.1. The highest BCUT2D eigenvalue weighted by molar-refractivity contribution is 5.77. The number of nitrogens with one attached hydrogen (secondary N) is 1. The first-order valence-corrected chi connectivity index (χ1v) is 8.47. The highest BCUT2D eigenvalue weighted by Gasteiger charge is 2.20. The average Bonchev–Trinajstić information content (AvgIpc) is 3.07. The standard InChI is InChI=1S/C18H21N5O5/c1-21-15-14(16(25)22(2)18(21)26)23(17(20-15)19-9-13(24)28-4)10-11-6-5-7-12(8-11)27-3/h5-8H,9-10H2,1-4H3,(H,19,20). The van der Waals surface area contributed by atoms with E-state index in [-0.39, 0.29) is 30.2 Å². The van der Waals surface area contributed by atoms with Crippen LogP contribution < -0.4 is 21.3 Å². The molecule has 0 aliphatic rings. The molecule has 0 aliphatic carbocycles. The first kappa shape index (κ1) is 19.2. The number of hydrogen-bond donors (Lipinski definition) is 1. The van der Waals surface area contributed by atoms with Crippen molar-refractivity contribution in [3.05, 3.63) is 50.7 Å². The van der Waals surface area contributed by atoms with E-state index in [2.05, 4.69) is 15.0 Å². The Balaban J connectivity index is 2.19. The maximum atomic E-state index is 12.8. The highest BCUT2D eigenvalue weighted by Crippen LogP contribution is 2.20. The summed E-state index contributed by atoms with van der Waals surface area (Å²) in [7, 11) is 5.80. The molecule has 0 saturated carbocycles. The quantitative estimate of drug-likeness (QED) is 0.596. The minimum Gasteiger partial charge on any atom is -0.497 e. The van der Waals surface area contributed by atoms with Crippen LogP contribution in [0.2, 0.25) is 0 Å². The Hall–Kier alpha value is -3.56. The van der Waals surface area contributed by atoms with E-state index in [0.717, 1.165) is 10.1 Å². The van der Waals surface area contributed by atoms with Gasteiger partial charge in [0.2, 0.25) is 5.95 Å². The van der Waals surface area contributed by atoms with Crippen LogP contribution in [0.15, 0.2) is 33.9 Å². The van der Waals surface area contributed by atoms with Crippen molar-refractivity contribution in [2.24, 2.45) is 14.1 Å². The molecule has 148 valence electrons. The minimum atomic E-state index is -0.484.